The normalized spacial score (nSPS) is 10.5. The van der Waals surface area contributed by atoms with Crippen LogP contribution in [0.5, 0.6) is 5.75 Å². The molecule has 118 valence electrons. The van der Waals surface area contributed by atoms with E-state index in [1.807, 2.05) is 41.8 Å². The molecule has 0 aliphatic heterocycles. The summed E-state index contributed by atoms with van der Waals surface area (Å²) in [6.45, 7) is 2.60. The van der Waals surface area contributed by atoms with Crippen molar-refractivity contribution in [2.24, 2.45) is 0 Å². The summed E-state index contributed by atoms with van der Waals surface area (Å²) in [6.07, 6.45) is 0. The Labute approximate surface area is 143 Å². The molecule has 1 aromatic carbocycles. The molecular formula is C18H17NO2S2. The summed E-state index contributed by atoms with van der Waals surface area (Å²) in [4.78, 5) is 15.3. The van der Waals surface area contributed by atoms with Gasteiger partial charge in [0, 0.05) is 9.75 Å². The number of carbonyl (C=O) groups is 1. The first-order valence-electron chi connectivity index (χ1n) is 7.23. The first kappa shape index (κ1) is 15.8. The molecule has 3 rings (SSSR count). The minimum absolute atomic E-state index is 0.0955. The van der Waals surface area contributed by atoms with Crippen LogP contribution >= 0.6 is 22.7 Å². The molecule has 2 aromatic heterocycles. The van der Waals surface area contributed by atoms with Gasteiger partial charge < -0.3 is 10.1 Å². The van der Waals surface area contributed by atoms with Gasteiger partial charge in [0.25, 0.3) is 5.91 Å². The zero-order chi connectivity index (χ0) is 16.2. The Morgan fingerprint density at radius 2 is 2.00 bits per heavy atom. The highest BCUT2D eigenvalue weighted by molar-refractivity contribution is 7.17. The van der Waals surface area contributed by atoms with Gasteiger partial charge >= 0.3 is 0 Å². The van der Waals surface area contributed by atoms with Crippen molar-refractivity contribution in [1.29, 1.82) is 0 Å². The Bertz CT molecular complexity index is 806. The van der Waals surface area contributed by atoms with Crippen LogP contribution in [0.3, 0.4) is 0 Å². The van der Waals surface area contributed by atoms with E-state index in [1.165, 1.54) is 21.8 Å². The highest BCUT2D eigenvalue weighted by atomic mass is 32.1. The maximum atomic E-state index is 12.5. The van der Waals surface area contributed by atoms with Gasteiger partial charge in [-0.1, -0.05) is 30.3 Å². The molecule has 0 aliphatic carbocycles. The summed E-state index contributed by atoms with van der Waals surface area (Å²) in [5, 5.41) is 5.02. The Balaban J connectivity index is 1.80. The fourth-order valence-electron chi connectivity index (χ4n) is 2.25. The van der Waals surface area contributed by atoms with Gasteiger partial charge in [-0.15, -0.1) is 22.7 Å². The summed E-state index contributed by atoms with van der Waals surface area (Å²) in [6, 6.07) is 14.0. The van der Waals surface area contributed by atoms with E-state index in [0.717, 1.165) is 10.4 Å². The molecule has 1 amide bonds. The van der Waals surface area contributed by atoms with Gasteiger partial charge in [-0.2, -0.15) is 0 Å². The number of benzene rings is 1. The molecule has 0 aliphatic rings. The molecule has 0 fully saturated rings. The standard InChI is InChI=1S/C18H17NO2S2/c1-12-8-9-22-16(12)11-19-18(20)17-14(21-2)10-15(23-17)13-6-4-3-5-7-13/h3-10H,11H2,1-2H3,(H,19,20). The predicted molar refractivity (Wildman–Crippen MR) is 96.5 cm³/mol. The highest BCUT2D eigenvalue weighted by Crippen LogP contribution is 2.36. The number of ether oxygens (including phenoxy) is 1. The maximum Gasteiger partial charge on any atom is 0.265 e. The quantitative estimate of drug-likeness (QED) is 0.728. The average molecular weight is 343 g/mol. The van der Waals surface area contributed by atoms with E-state index in [2.05, 4.69) is 18.3 Å². The van der Waals surface area contributed by atoms with Crippen LogP contribution < -0.4 is 10.1 Å². The molecule has 3 nitrogen and oxygen atoms in total. The molecule has 0 bridgehead atoms. The van der Waals surface area contributed by atoms with Gasteiger partial charge in [-0.05, 0) is 35.6 Å². The van der Waals surface area contributed by atoms with Gasteiger partial charge in [0.1, 0.15) is 10.6 Å². The number of hydrogen-bond donors (Lipinski definition) is 1. The van der Waals surface area contributed by atoms with E-state index in [4.69, 9.17) is 4.74 Å². The number of thiophene rings is 2. The Hall–Kier alpha value is -2.11. The lowest BCUT2D eigenvalue weighted by molar-refractivity contribution is 0.0952. The minimum Gasteiger partial charge on any atom is -0.495 e. The summed E-state index contributed by atoms with van der Waals surface area (Å²) in [5.74, 6) is 0.524. The van der Waals surface area contributed by atoms with E-state index in [1.54, 1.807) is 18.4 Å². The van der Waals surface area contributed by atoms with E-state index in [-0.39, 0.29) is 5.91 Å². The molecule has 0 saturated heterocycles. The smallest absolute Gasteiger partial charge is 0.265 e. The van der Waals surface area contributed by atoms with Gasteiger partial charge in [0.2, 0.25) is 0 Å². The zero-order valence-electron chi connectivity index (χ0n) is 13.0. The predicted octanol–water partition coefficient (Wildman–Crippen LogP) is 4.72. The second kappa shape index (κ2) is 6.98. The Kier molecular flexibility index (Phi) is 4.79. The van der Waals surface area contributed by atoms with Crippen molar-refractivity contribution in [3.05, 3.63) is 63.2 Å². The van der Waals surface area contributed by atoms with Crippen molar-refractivity contribution in [3.8, 4) is 16.2 Å². The van der Waals surface area contributed by atoms with Crippen molar-refractivity contribution < 1.29 is 9.53 Å². The van der Waals surface area contributed by atoms with Crippen molar-refractivity contribution in [1.82, 2.24) is 5.32 Å². The van der Waals surface area contributed by atoms with E-state index in [9.17, 15) is 4.79 Å². The van der Waals surface area contributed by atoms with Crippen LogP contribution in [0.4, 0.5) is 0 Å². The molecule has 0 unspecified atom stereocenters. The average Bonchev–Trinajstić information content (AvgIpc) is 3.19. The SMILES string of the molecule is COc1cc(-c2ccccc2)sc1C(=O)NCc1sccc1C. The van der Waals surface area contributed by atoms with Crippen LogP contribution in [0, 0.1) is 6.92 Å². The van der Waals surface area contributed by atoms with Crippen LogP contribution in [0.2, 0.25) is 0 Å². The topological polar surface area (TPSA) is 38.3 Å². The molecule has 0 spiro atoms. The molecular weight excluding hydrogens is 326 g/mol. The van der Waals surface area contributed by atoms with Gasteiger partial charge in [-0.3, -0.25) is 4.79 Å². The summed E-state index contributed by atoms with van der Waals surface area (Å²) >= 11 is 3.11. The van der Waals surface area contributed by atoms with Crippen molar-refractivity contribution in [3.63, 3.8) is 0 Å². The number of methoxy groups -OCH3 is 1. The fourth-order valence-corrected chi connectivity index (χ4v) is 4.15. The molecule has 2 heterocycles. The van der Waals surface area contributed by atoms with Crippen LogP contribution in [0.1, 0.15) is 20.1 Å². The van der Waals surface area contributed by atoms with Gasteiger partial charge in [0.15, 0.2) is 0 Å². The minimum atomic E-state index is -0.0955. The number of hydrogen-bond acceptors (Lipinski definition) is 4. The first-order chi connectivity index (χ1) is 11.2. The lowest BCUT2D eigenvalue weighted by atomic mass is 10.2. The number of carbonyl (C=O) groups excluding carboxylic acids is 1. The van der Waals surface area contributed by atoms with Crippen LogP contribution in [-0.4, -0.2) is 13.0 Å². The number of amides is 1. The fraction of sp³-hybridized carbons (Fsp3) is 0.167. The van der Waals surface area contributed by atoms with Crippen LogP contribution in [0.15, 0.2) is 47.8 Å². The molecule has 3 aromatic rings. The third-order valence-electron chi connectivity index (χ3n) is 3.56. The number of nitrogens with one attached hydrogen (secondary N) is 1. The second-order valence-corrected chi connectivity index (χ2v) is 7.14. The zero-order valence-corrected chi connectivity index (χ0v) is 14.6. The van der Waals surface area contributed by atoms with Crippen molar-refractivity contribution >= 4 is 28.6 Å². The largest absolute Gasteiger partial charge is 0.495 e. The monoisotopic (exact) mass is 343 g/mol. The lowest BCUT2D eigenvalue weighted by Gasteiger charge is -2.05. The van der Waals surface area contributed by atoms with Crippen molar-refractivity contribution in [2.45, 2.75) is 13.5 Å². The Morgan fingerprint density at radius 1 is 1.22 bits per heavy atom. The molecule has 0 radical (unpaired) electrons. The van der Waals surface area contributed by atoms with E-state index < -0.39 is 0 Å². The molecule has 0 saturated carbocycles. The molecule has 23 heavy (non-hydrogen) atoms. The van der Waals surface area contributed by atoms with Crippen molar-refractivity contribution in [2.75, 3.05) is 7.11 Å². The number of rotatable bonds is 5. The summed E-state index contributed by atoms with van der Waals surface area (Å²) in [5.41, 5.74) is 2.29. The van der Waals surface area contributed by atoms with Gasteiger partial charge in [0.05, 0.1) is 13.7 Å². The lowest BCUT2D eigenvalue weighted by Crippen LogP contribution is -2.22. The summed E-state index contributed by atoms with van der Waals surface area (Å²) < 4.78 is 5.38. The first-order valence-corrected chi connectivity index (χ1v) is 8.93. The Morgan fingerprint density at radius 3 is 2.65 bits per heavy atom. The highest BCUT2D eigenvalue weighted by Gasteiger charge is 2.18. The van der Waals surface area contributed by atoms with Crippen LogP contribution in [0.25, 0.3) is 10.4 Å². The molecule has 5 heteroatoms. The van der Waals surface area contributed by atoms with Gasteiger partial charge in [-0.25, -0.2) is 0 Å². The third-order valence-corrected chi connectivity index (χ3v) is 5.75. The maximum absolute atomic E-state index is 12.5. The summed E-state index contributed by atoms with van der Waals surface area (Å²) in [7, 11) is 1.59. The number of aryl methyl sites for hydroxylation is 1. The van der Waals surface area contributed by atoms with E-state index >= 15 is 0 Å². The molecule has 0 atom stereocenters. The van der Waals surface area contributed by atoms with E-state index in [0.29, 0.717) is 17.2 Å². The second-order valence-electron chi connectivity index (χ2n) is 5.08. The molecule has 1 N–H and O–H groups in total. The third kappa shape index (κ3) is 3.46. The van der Waals surface area contributed by atoms with Crippen LogP contribution in [-0.2, 0) is 6.54 Å².